The van der Waals surface area contributed by atoms with Crippen LogP contribution < -0.4 is 0 Å². The second kappa shape index (κ2) is 8.64. The van der Waals surface area contributed by atoms with E-state index in [0.29, 0.717) is 11.4 Å². The van der Waals surface area contributed by atoms with Crippen LogP contribution in [0.2, 0.25) is 0 Å². The molecule has 3 aromatic rings. The number of hydrogen-bond donors (Lipinski definition) is 0. The fraction of sp³-hybridized carbons (Fsp3) is 0.190. The lowest BCUT2D eigenvalue weighted by Gasteiger charge is -2.05. The van der Waals surface area contributed by atoms with Gasteiger partial charge in [0.05, 0.1) is 34.2 Å². The van der Waals surface area contributed by atoms with E-state index in [1.54, 1.807) is 35.9 Å². The van der Waals surface area contributed by atoms with Crippen molar-refractivity contribution in [3.63, 3.8) is 0 Å². The van der Waals surface area contributed by atoms with Gasteiger partial charge in [-0.05, 0) is 57.2 Å². The van der Waals surface area contributed by atoms with Crippen molar-refractivity contribution in [2.75, 3.05) is 6.61 Å². The molecule has 8 nitrogen and oxygen atoms in total. The lowest BCUT2D eigenvalue weighted by Crippen LogP contribution is -2.08. The van der Waals surface area contributed by atoms with E-state index in [9.17, 15) is 19.3 Å². The van der Waals surface area contributed by atoms with Crippen molar-refractivity contribution in [3.8, 4) is 5.69 Å². The van der Waals surface area contributed by atoms with Crippen molar-refractivity contribution >= 4 is 23.8 Å². The fourth-order valence-electron chi connectivity index (χ4n) is 2.96. The molecule has 1 aromatic carbocycles. The molecule has 0 bridgehead atoms. The highest BCUT2D eigenvalue weighted by Crippen LogP contribution is 2.22. The number of nitro groups is 1. The first kappa shape index (κ1) is 20.8. The van der Waals surface area contributed by atoms with E-state index < -0.39 is 10.9 Å². The van der Waals surface area contributed by atoms with Gasteiger partial charge in [0.2, 0.25) is 0 Å². The van der Waals surface area contributed by atoms with Crippen molar-refractivity contribution in [1.82, 2.24) is 14.8 Å². The van der Waals surface area contributed by atoms with Crippen molar-refractivity contribution in [2.45, 2.75) is 20.8 Å². The average molecular weight is 410 g/mol. The molecule has 2 aromatic heterocycles. The number of carbonyl (C=O) groups excluding carboxylic acids is 1. The number of hydrogen-bond acceptors (Lipinski definition) is 6. The number of nitrogens with zero attached hydrogens (tertiary/aromatic N) is 4. The Morgan fingerprint density at radius 2 is 1.97 bits per heavy atom. The summed E-state index contributed by atoms with van der Waals surface area (Å²) >= 11 is 0. The van der Waals surface area contributed by atoms with E-state index >= 15 is 0 Å². The topological polar surface area (TPSA) is 100 Å². The summed E-state index contributed by atoms with van der Waals surface area (Å²) in [6.45, 7) is 5.46. The van der Waals surface area contributed by atoms with Gasteiger partial charge in [-0.3, -0.25) is 10.1 Å². The number of ether oxygens (including phenoxy) is 1. The number of aryl methyl sites for hydroxylation is 1. The summed E-state index contributed by atoms with van der Waals surface area (Å²) in [7, 11) is 0. The molecule has 0 unspecified atom stereocenters. The van der Waals surface area contributed by atoms with E-state index in [-0.39, 0.29) is 29.4 Å². The highest BCUT2D eigenvalue weighted by atomic mass is 19.1. The summed E-state index contributed by atoms with van der Waals surface area (Å²) in [6, 6.07) is 7.10. The second-order valence-corrected chi connectivity index (χ2v) is 6.41. The van der Waals surface area contributed by atoms with E-state index in [1.807, 2.05) is 13.8 Å². The summed E-state index contributed by atoms with van der Waals surface area (Å²) in [5.74, 6) is -1.03. The molecular formula is C21H19FN4O4. The van der Waals surface area contributed by atoms with Crippen LogP contribution in [-0.4, -0.2) is 32.3 Å². The SMILES string of the molecule is CCOC(=O)c1cc([N+](=O)[O-])cnc1/C=C/c1c(C)nn(-c2ccc(F)cc2)c1C. The van der Waals surface area contributed by atoms with E-state index in [4.69, 9.17) is 4.74 Å². The Kier molecular flexibility index (Phi) is 6.01. The van der Waals surface area contributed by atoms with Crippen LogP contribution in [0.1, 0.15) is 39.9 Å². The van der Waals surface area contributed by atoms with Gasteiger partial charge in [0.25, 0.3) is 5.69 Å². The number of carbonyl (C=O) groups is 1. The summed E-state index contributed by atoms with van der Waals surface area (Å²) in [5, 5.41) is 15.5. The summed E-state index contributed by atoms with van der Waals surface area (Å²) in [5.41, 5.74) is 2.96. The van der Waals surface area contributed by atoms with E-state index in [1.165, 1.54) is 12.1 Å². The number of esters is 1. The minimum absolute atomic E-state index is 0.00327. The fourth-order valence-corrected chi connectivity index (χ4v) is 2.96. The predicted octanol–water partition coefficient (Wildman–Crippen LogP) is 4.28. The molecule has 0 spiro atoms. The molecule has 0 fully saturated rings. The van der Waals surface area contributed by atoms with Crippen LogP contribution in [0.3, 0.4) is 0 Å². The van der Waals surface area contributed by atoms with Crippen LogP contribution in [0.15, 0.2) is 36.5 Å². The van der Waals surface area contributed by atoms with Crippen LogP contribution in [-0.2, 0) is 4.74 Å². The Balaban J connectivity index is 2.00. The third-order valence-electron chi connectivity index (χ3n) is 4.44. The molecule has 0 atom stereocenters. The van der Waals surface area contributed by atoms with Crippen molar-refractivity contribution in [3.05, 3.63) is 80.7 Å². The maximum atomic E-state index is 13.2. The molecule has 0 aliphatic carbocycles. The Labute approximate surface area is 171 Å². The zero-order valence-electron chi connectivity index (χ0n) is 16.6. The lowest BCUT2D eigenvalue weighted by atomic mass is 10.1. The summed E-state index contributed by atoms with van der Waals surface area (Å²) < 4.78 is 19.9. The number of pyridine rings is 1. The van der Waals surface area contributed by atoms with Crippen LogP contribution in [0.5, 0.6) is 0 Å². The monoisotopic (exact) mass is 410 g/mol. The molecular weight excluding hydrogens is 391 g/mol. The molecule has 0 aliphatic rings. The zero-order valence-corrected chi connectivity index (χ0v) is 16.6. The van der Waals surface area contributed by atoms with Gasteiger partial charge in [-0.1, -0.05) is 0 Å². The molecule has 2 heterocycles. The van der Waals surface area contributed by atoms with Crippen molar-refractivity contribution < 1.29 is 18.8 Å². The van der Waals surface area contributed by atoms with Gasteiger partial charge in [0.15, 0.2) is 0 Å². The van der Waals surface area contributed by atoms with Gasteiger partial charge in [0.1, 0.15) is 12.0 Å². The van der Waals surface area contributed by atoms with Gasteiger partial charge < -0.3 is 4.74 Å². The summed E-state index contributed by atoms with van der Waals surface area (Å²) in [6.07, 6.45) is 4.40. The van der Waals surface area contributed by atoms with Crippen LogP contribution in [0.4, 0.5) is 10.1 Å². The van der Waals surface area contributed by atoms with Crippen LogP contribution >= 0.6 is 0 Å². The third kappa shape index (κ3) is 4.24. The average Bonchev–Trinajstić information content (AvgIpc) is 3.00. The molecule has 154 valence electrons. The Bertz CT molecular complexity index is 1140. The molecule has 30 heavy (non-hydrogen) atoms. The number of benzene rings is 1. The minimum Gasteiger partial charge on any atom is -0.462 e. The first-order valence-electron chi connectivity index (χ1n) is 9.13. The zero-order chi connectivity index (χ0) is 21.8. The third-order valence-corrected chi connectivity index (χ3v) is 4.44. The smallest absolute Gasteiger partial charge is 0.340 e. The number of halogens is 1. The molecule has 0 amide bonds. The molecule has 0 N–H and O–H groups in total. The molecule has 0 radical (unpaired) electrons. The number of rotatable bonds is 6. The maximum Gasteiger partial charge on any atom is 0.340 e. The summed E-state index contributed by atoms with van der Waals surface area (Å²) in [4.78, 5) is 26.7. The maximum absolute atomic E-state index is 13.2. The quantitative estimate of drug-likeness (QED) is 0.342. The van der Waals surface area contributed by atoms with Crippen molar-refractivity contribution in [2.24, 2.45) is 0 Å². The normalized spacial score (nSPS) is 11.1. The Hall–Kier alpha value is -3.88. The van der Waals surface area contributed by atoms with Gasteiger partial charge in [-0.15, -0.1) is 0 Å². The number of aromatic nitrogens is 3. The van der Waals surface area contributed by atoms with E-state index in [0.717, 1.165) is 23.5 Å². The van der Waals surface area contributed by atoms with Gasteiger partial charge in [-0.2, -0.15) is 5.10 Å². The first-order valence-corrected chi connectivity index (χ1v) is 9.13. The Morgan fingerprint density at radius 3 is 2.60 bits per heavy atom. The van der Waals surface area contributed by atoms with Gasteiger partial charge in [0, 0.05) is 17.3 Å². The molecule has 0 aliphatic heterocycles. The first-order chi connectivity index (χ1) is 14.3. The van der Waals surface area contributed by atoms with Crippen LogP contribution in [0.25, 0.3) is 17.8 Å². The second-order valence-electron chi connectivity index (χ2n) is 6.41. The Morgan fingerprint density at radius 1 is 1.27 bits per heavy atom. The highest BCUT2D eigenvalue weighted by Gasteiger charge is 2.18. The van der Waals surface area contributed by atoms with Gasteiger partial charge in [-0.25, -0.2) is 18.9 Å². The minimum atomic E-state index is -0.691. The molecule has 3 rings (SSSR count). The van der Waals surface area contributed by atoms with E-state index in [2.05, 4.69) is 10.1 Å². The molecule has 0 saturated carbocycles. The van der Waals surface area contributed by atoms with Crippen molar-refractivity contribution in [1.29, 1.82) is 0 Å². The predicted molar refractivity (Wildman–Crippen MR) is 109 cm³/mol. The van der Waals surface area contributed by atoms with Crippen LogP contribution in [0, 0.1) is 29.8 Å². The standard InChI is InChI=1S/C21H19FN4O4/c1-4-30-21(27)19-11-17(26(28)29)12-23-20(19)10-9-18-13(2)24-25(14(18)3)16-7-5-15(22)6-8-16/h5-12H,4H2,1-3H3/b10-9+. The molecule has 9 heteroatoms. The highest BCUT2D eigenvalue weighted by molar-refractivity contribution is 5.94. The molecule has 0 saturated heterocycles. The largest absolute Gasteiger partial charge is 0.462 e. The lowest BCUT2D eigenvalue weighted by molar-refractivity contribution is -0.385. The van der Waals surface area contributed by atoms with Gasteiger partial charge >= 0.3 is 5.97 Å².